The lowest BCUT2D eigenvalue weighted by molar-refractivity contribution is 1.08. The molecule has 0 aromatic carbocycles. The number of alkyl halides is 2. The molecule has 0 radical (unpaired) electrons. The maximum atomic E-state index is 5.57. The first-order chi connectivity index (χ1) is 6.41. The molecule has 0 unspecified atom stereocenters. The number of halogens is 2. The molecule has 0 spiro atoms. The summed E-state index contributed by atoms with van der Waals surface area (Å²) in [6.45, 7) is 0. The average molecular weight is 261 g/mol. The van der Waals surface area contributed by atoms with E-state index in [0.29, 0.717) is 0 Å². The molecule has 0 atom stereocenters. The predicted octanol–water partition coefficient (Wildman–Crippen LogP) is 4.10. The van der Waals surface area contributed by atoms with Gasteiger partial charge in [0.1, 0.15) is 0 Å². The first kappa shape index (κ1) is 14.3. The minimum atomic E-state index is 0.803. The van der Waals surface area contributed by atoms with Crippen molar-refractivity contribution in [2.45, 2.75) is 19.3 Å². The Bertz CT molecular complexity index is 81.7. The van der Waals surface area contributed by atoms with E-state index in [4.69, 9.17) is 23.2 Å². The Morgan fingerprint density at radius 1 is 0.615 bits per heavy atom. The van der Waals surface area contributed by atoms with Crippen molar-refractivity contribution in [1.29, 1.82) is 0 Å². The molecule has 0 N–H and O–H groups in total. The van der Waals surface area contributed by atoms with Gasteiger partial charge < -0.3 is 0 Å². The summed E-state index contributed by atoms with van der Waals surface area (Å²) in [5, 5.41) is 0. The molecule has 13 heavy (non-hydrogen) atoms. The minimum absolute atomic E-state index is 0.803. The molecule has 0 aromatic heterocycles. The van der Waals surface area contributed by atoms with Crippen molar-refractivity contribution in [2.24, 2.45) is 0 Å². The lowest BCUT2D eigenvalue weighted by Gasteiger charge is -2.00. The van der Waals surface area contributed by atoms with Crippen LogP contribution in [0.5, 0.6) is 0 Å². The van der Waals surface area contributed by atoms with Gasteiger partial charge in [0.25, 0.3) is 0 Å². The number of rotatable bonds is 10. The molecule has 0 bridgehead atoms. The quantitative estimate of drug-likeness (QED) is 0.429. The van der Waals surface area contributed by atoms with Crippen molar-refractivity contribution < 1.29 is 0 Å². The molecule has 0 nitrogen and oxygen atoms in total. The van der Waals surface area contributed by atoms with E-state index in [1.165, 1.54) is 29.4 Å². The summed E-state index contributed by atoms with van der Waals surface area (Å²) in [7, 11) is 0. The molecule has 0 amide bonds. The first-order valence-corrected chi connectivity index (χ1v) is 8.07. The first-order valence-electron chi connectivity index (χ1n) is 4.69. The molecule has 0 saturated heterocycles. The van der Waals surface area contributed by atoms with Gasteiger partial charge in [-0.3, -0.25) is 0 Å². The average Bonchev–Trinajstić information content (AvgIpc) is 2.16. The highest BCUT2D eigenvalue weighted by Gasteiger charge is 1.91. The fourth-order valence-corrected chi connectivity index (χ4v) is 3.35. The molecular weight excluding hydrogens is 243 g/mol. The number of hydrogen-bond acceptors (Lipinski definition) is 2. The highest BCUT2D eigenvalue weighted by atomic mass is 35.5. The van der Waals surface area contributed by atoms with E-state index in [1.807, 2.05) is 23.5 Å². The second-order valence-corrected chi connectivity index (χ2v) is 5.87. The zero-order valence-corrected chi connectivity index (χ0v) is 11.1. The second kappa shape index (κ2) is 13.3. The fourth-order valence-electron chi connectivity index (χ4n) is 0.780. The molecule has 0 aliphatic carbocycles. The molecule has 4 heteroatoms. The Hall–Kier alpha value is 1.28. The van der Waals surface area contributed by atoms with Crippen molar-refractivity contribution in [3.8, 4) is 0 Å². The molecule has 0 aliphatic heterocycles. The van der Waals surface area contributed by atoms with Crippen LogP contribution in [-0.2, 0) is 0 Å². The SMILES string of the molecule is ClCCCSCCCSCCCCl. The van der Waals surface area contributed by atoms with Crippen molar-refractivity contribution >= 4 is 46.7 Å². The van der Waals surface area contributed by atoms with Gasteiger partial charge >= 0.3 is 0 Å². The molecule has 80 valence electrons. The van der Waals surface area contributed by atoms with Gasteiger partial charge in [-0.2, -0.15) is 23.5 Å². The fraction of sp³-hybridized carbons (Fsp3) is 1.00. The van der Waals surface area contributed by atoms with Crippen molar-refractivity contribution in [3.05, 3.63) is 0 Å². The van der Waals surface area contributed by atoms with Crippen molar-refractivity contribution in [3.63, 3.8) is 0 Å². The summed E-state index contributed by atoms with van der Waals surface area (Å²) >= 11 is 15.2. The Labute approximate surface area is 101 Å². The molecule has 0 rings (SSSR count). The smallest absolute Gasteiger partial charge is 0.0231 e. The normalized spacial score (nSPS) is 10.6. The molecular formula is C9H18Cl2S2. The Morgan fingerprint density at radius 2 is 1.00 bits per heavy atom. The number of hydrogen-bond donors (Lipinski definition) is 0. The third kappa shape index (κ3) is 13.3. The topological polar surface area (TPSA) is 0 Å². The largest absolute Gasteiger partial charge is 0.162 e. The van der Waals surface area contributed by atoms with E-state index in [9.17, 15) is 0 Å². The van der Waals surface area contributed by atoms with Crippen LogP contribution in [0, 0.1) is 0 Å². The van der Waals surface area contributed by atoms with Crippen LogP contribution in [0.4, 0.5) is 0 Å². The zero-order valence-electron chi connectivity index (χ0n) is 7.94. The summed E-state index contributed by atoms with van der Waals surface area (Å²) in [6.07, 6.45) is 3.61. The molecule has 0 saturated carbocycles. The van der Waals surface area contributed by atoms with Crippen molar-refractivity contribution in [2.75, 3.05) is 34.8 Å². The van der Waals surface area contributed by atoms with Crippen LogP contribution in [-0.4, -0.2) is 34.8 Å². The highest BCUT2D eigenvalue weighted by Crippen LogP contribution is 2.10. The molecule has 0 fully saturated rings. The van der Waals surface area contributed by atoms with Crippen LogP contribution in [0.2, 0.25) is 0 Å². The Morgan fingerprint density at radius 3 is 1.38 bits per heavy atom. The van der Waals surface area contributed by atoms with Gasteiger partial charge in [-0.1, -0.05) is 0 Å². The van der Waals surface area contributed by atoms with E-state index in [1.54, 1.807) is 0 Å². The Kier molecular flexibility index (Phi) is 14.6. The van der Waals surface area contributed by atoms with E-state index in [0.717, 1.165) is 24.6 Å². The predicted molar refractivity (Wildman–Crippen MR) is 69.9 cm³/mol. The maximum Gasteiger partial charge on any atom is 0.0231 e. The van der Waals surface area contributed by atoms with Gasteiger partial charge in [-0.05, 0) is 42.3 Å². The maximum absolute atomic E-state index is 5.57. The lowest BCUT2D eigenvalue weighted by Crippen LogP contribution is -1.89. The van der Waals surface area contributed by atoms with Gasteiger partial charge in [-0.25, -0.2) is 0 Å². The number of thioether (sulfide) groups is 2. The second-order valence-electron chi connectivity index (χ2n) is 2.66. The summed E-state index contributed by atoms with van der Waals surface area (Å²) < 4.78 is 0. The van der Waals surface area contributed by atoms with Gasteiger partial charge in [0, 0.05) is 11.8 Å². The summed E-state index contributed by atoms with van der Waals surface area (Å²) in [5.74, 6) is 6.61. The molecule has 0 aliphatic rings. The van der Waals surface area contributed by atoms with Crippen LogP contribution in [0.15, 0.2) is 0 Å². The van der Waals surface area contributed by atoms with E-state index >= 15 is 0 Å². The molecule has 0 aromatic rings. The summed E-state index contributed by atoms with van der Waals surface area (Å²) in [4.78, 5) is 0. The van der Waals surface area contributed by atoms with Crippen LogP contribution in [0.1, 0.15) is 19.3 Å². The zero-order chi connectivity index (χ0) is 9.78. The van der Waals surface area contributed by atoms with E-state index in [2.05, 4.69) is 0 Å². The van der Waals surface area contributed by atoms with Gasteiger partial charge in [-0.15, -0.1) is 23.2 Å². The van der Waals surface area contributed by atoms with Gasteiger partial charge in [0.05, 0.1) is 0 Å². The lowest BCUT2D eigenvalue weighted by atomic mass is 10.6. The standard InChI is InChI=1S/C9H18Cl2S2/c10-4-1-6-12-8-3-9-13-7-2-5-11/h1-9H2. The minimum Gasteiger partial charge on any atom is -0.162 e. The highest BCUT2D eigenvalue weighted by molar-refractivity contribution is 8.00. The van der Waals surface area contributed by atoms with E-state index < -0.39 is 0 Å². The Balaban J connectivity index is 2.76. The molecule has 0 heterocycles. The monoisotopic (exact) mass is 260 g/mol. The van der Waals surface area contributed by atoms with Crippen LogP contribution < -0.4 is 0 Å². The van der Waals surface area contributed by atoms with Gasteiger partial charge in [0.15, 0.2) is 0 Å². The summed E-state index contributed by atoms with van der Waals surface area (Å²) in [5.41, 5.74) is 0. The van der Waals surface area contributed by atoms with Crippen LogP contribution in [0.25, 0.3) is 0 Å². The van der Waals surface area contributed by atoms with Gasteiger partial charge in [0.2, 0.25) is 0 Å². The third-order valence-electron chi connectivity index (χ3n) is 1.42. The van der Waals surface area contributed by atoms with Crippen LogP contribution >= 0.6 is 46.7 Å². The third-order valence-corrected chi connectivity index (χ3v) is 4.27. The summed E-state index contributed by atoms with van der Waals surface area (Å²) in [6, 6.07) is 0. The van der Waals surface area contributed by atoms with Crippen molar-refractivity contribution in [1.82, 2.24) is 0 Å². The van der Waals surface area contributed by atoms with E-state index in [-0.39, 0.29) is 0 Å². The van der Waals surface area contributed by atoms with Crippen LogP contribution in [0.3, 0.4) is 0 Å².